The largest absolute Gasteiger partial charge is 0.456 e. The smallest absolute Gasteiger partial charge is 0.361 e. The first kappa shape index (κ1) is 17.2. The summed E-state index contributed by atoms with van der Waals surface area (Å²) in [4.78, 5) is 19.2. The summed E-state index contributed by atoms with van der Waals surface area (Å²) in [6, 6.07) is 23.0. The summed E-state index contributed by atoms with van der Waals surface area (Å²) in [5, 5.41) is 0. The van der Waals surface area contributed by atoms with E-state index in [9.17, 15) is 4.79 Å². The molecule has 0 aliphatic rings. The molecule has 0 aliphatic carbocycles. The van der Waals surface area contributed by atoms with Crippen LogP contribution in [0.5, 0.6) is 0 Å². The molecule has 0 amide bonds. The highest BCUT2D eigenvalue weighted by Gasteiger charge is 2.24. The Kier molecular flexibility index (Phi) is 4.85. The van der Waals surface area contributed by atoms with Crippen LogP contribution in [0.15, 0.2) is 77.2 Å². The quantitative estimate of drug-likeness (QED) is 0.418. The molecule has 0 bridgehead atoms. The average Bonchev–Trinajstić information content (AvgIpc) is 3.34. The fourth-order valence-corrected chi connectivity index (χ4v) is 3.53. The third-order valence-corrected chi connectivity index (χ3v) is 5.02. The summed E-state index contributed by atoms with van der Waals surface area (Å²) in [5.74, 6) is 0.360. The van der Waals surface area contributed by atoms with Crippen LogP contribution in [0.25, 0.3) is 22.1 Å². The highest BCUT2D eigenvalue weighted by molar-refractivity contribution is 7.15. The van der Waals surface area contributed by atoms with E-state index >= 15 is 0 Å². The van der Waals surface area contributed by atoms with Gasteiger partial charge in [-0.2, -0.15) is 0 Å². The van der Waals surface area contributed by atoms with Crippen LogP contribution in [0.1, 0.15) is 20.9 Å². The predicted octanol–water partition coefficient (Wildman–Crippen LogP) is 5.74. The van der Waals surface area contributed by atoms with Crippen LogP contribution in [0.4, 0.5) is 0 Å². The summed E-state index contributed by atoms with van der Waals surface area (Å²) in [7, 11) is 0. The highest BCUT2D eigenvalue weighted by atomic mass is 32.1. The van der Waals surface area contributed by atoms with E-state index in [1.165, 1.54) is 0 Å². The number of ether oxygens (including phenoxy) is 1. The van der Waals surface area contributed by atoms with Crippen LogP contribution < -0.4 is 0 Å². The number of carbonyl (C=O) groups is 1. The molecule has 4 nitrogen and oxygen atoms in total. The second kappa shape index (κ2) is 7.60. The summed E-state index contributed by atoms with van der Waals surface area (Å²) < 4.78 is 11.4. The molecule has 0 saturated carbocycles. The van der Waals surface area contributed by atoms with E-state index < -0.39 is 5.97 Å². The number of benzene rings is 2. The van der Waals surface area contributed by atoms with E-state index in [1.54, 1.807) is 11.3 Å². The SMILES string of the molecule is Cc1ccc(-c2oc(-c3ccccc3)nc2C(=O)OCc2ccccc2)s1. The number of hydrogen-bond acceptors (Lipinski definition) is 5. The van der Waals surface area contributed by atoms with Crippen LogP contribution in [-0.2, 0) is 11.3 Å². The summed E-state index contributed by atoms with van der Waals surface area (Å²) in [6.45, 7) is 2.20. The number of aromatic nitrogens is 1. The van der Waals surface area contributed by atoms with Crippen molar-refractivity contribution in [1.29, 1.82) is 0 Å². The molecule has 0 unspecified atom stereocenters. The Bertz CT molecular complexity index is 1050. The third kappa shape index (κ3) is 3.83. The molecule has 0 spiro atoms. The van der Waals surface area contributed by atoms with Crippen molar-refractivity contribution in [1.82, 2.24) is 4.98 Å². The van der Waals surface area contributed by atoms with Crippen molar-refractivity contribution in [2.45, 2.75) is 13.5 Å². The van der Waals surface area contributed by atoms with Crippen LogP contribution in [0.2, 0.25) is 0 Å². The molecule has 5 heteroatoms. The number of esters is 1. The first-order valence-electron chi connectivity index (χ1n) is 8.55. The molecule has 0 fully saturated rings. The number of oxazole rings is 1. The van der Waals surface area contributed by atoms with Crippen LogP contribution in [0.3, 0.4) is 0 Å². The lowest BCUT2D eigenvalue weighted by atomic mass is 10.2. The van der Waals surface area contributed by atoms with Crippen LogP contribution in [-0.4, -0.2) is 11.0 Å². The van der Waals surface area contributed by atoms with Gasteiger partial charge in [0.2, 0.25) is 5.89 Å². The fraction of sp³-hybridized carbons (Fsp3) is 0.0909. The van der Waals surface area contributed by atoms with E-state index in [4.69, 9.17) is 9.15 Å². The minimum atomic E-state index is -0.495. The zero-order valence-corrected chi connectivity index (χ0v) is 15.5. The van der Waals surface area contributed by atoms with Gasteiger partial charge in [-0.25, -0.2) is 9.78 Å². The second-order valence-corrected chi connectivity index (χ2v) is 7.32. The molecule has 2 heterocycles. The fourth-order valence-electron chi connectivity index (χ4n) is 2.68. The van der Waals surface area contributed by atoms with Crippen molar-refractivity contribution in [2.24, 2.45) is 0 Å². The number of aryl methyl sites for hydroxylation is 1. The third-order valence-electron chi connectivity index (χ3n) is 4.02. The zero-order chi connectivity index (χ0) is 18.6. The van der Waals surface area contributed by atoms with Crippen molar-refractivity contribution in [3.05, 3.63) is 88.9 Å². The van der Waals surface area contributed by atoms with Gasteiger partial charge in [-0.1, -0.05) is 48.5 Å². The lowest BCUT2D eigenvalue weighted by Gasteiger charge is -2.03. The molecule has 0 aliphatic heterocycles. The Hall–Kier alpha value is -3.18. The van der Waals surface area contributed by atoms with Crippen molar-refractivity contribution in [3.63, 3.8) is 0 Å². The van der Waals surface area contributed by atoms with E-state index in [0.29, 0.717) is 11.7 Å². The molecule has 134 valence electrons. The van der Waals surface area contributed by atoms with Crippen molar-refractivity contribution in [3.8, 4) is 22.1 Å². The van der Waals surface area contributed by atoms with E-state index in [-0.39, 0.29) is 12.3 Å². The maximum absolute atomic E-state index is 12.7. The molecule has 2 aromatic carbocycles. The molecule has 0 N–H and O–H groups in total. The lowest BCUT2D eigenvalue weighted by molar-refractivity contribution is 0.0467. The average molecular weight is 375 g/mol. The Labute approximate surface area is 161 Å². The topological polar surface area (TPSA) is 52.3 Å². The Morgan fingerprint density at radius 3 is 2.37 bits per heavy atom. The minimum absolute atomic E-state index is 0.191. The monoisotopic (exact) mass is 375 g/mol. The van der Waals surface area contributed by atoms with Gasteiger partial charge in [0.05, 0.1) is 4.88 Å². The van der Waals surface area contributed by atoms with Gasteiger partial charge in [-0.15, -0.1) is 11.3 Å². The van der Waals surface area contributed by atoms with Gasteiger partial charge >= 0.3 is 5.97 Å². The predicted molar refractivity (Wildman–Crippen MR) is 106 cm³/mol. The van der Waals surface area contributed by atoms with E-state index in [0.717, 1.165) is 20.9 Å². The van der Waals surface area contributed by atoms with Gasteiger partial charge < -0.3 is 9.15 Å². The van der Waals surface area contributed by atoms with Gasteiger partial charge in [0.1, 0.15) is 6.61 Å². The first-order valence-corrected chi connectivity index (χ1v) is 9.36. The molecular weight excluding hydrogens is 358 g/mol. The van der Waals surface area contributed by atoms with Gasteiger partial charge in [-0.05, 0) is 36.8 Å². The summed E-state index contributed by atoms with van der Waals surface area (Å²) in [6.07, 6.45) is 0. The Morgan fingerprint density at radius 2 is 1.70 bits per heavy atom. The summed E-state index contributed by atoms with van der Waals surface area (Å²) in [5.41, 5.74) is 1.94. The number of rotatable bonds is 5. The number of hydrogen-bond donors (Lipinski definition) is 0. The van der Waals surface area contributed by atoms with Crippen molar-refractivity contribution < 1.29 is 13.9 Å². The molecule has 2 aromatic heterocycles. The number of carbonyl (C=O) groups excluding carboxylic acids is 1. The van der Waals surface area contributed by atoms with Crippen LogP contribution in [0, 0.1) is 6.92 Å². The van der Waals surface area contributed by atoms with E-state index in [1.807, 2.05) is 79.7 Å². The van der Waals surface area contributed by atoms with Gasteiger partial charge in [0, 0.05) is 10.4 Å². The van der Waals surface area contributed by atoms with E-state index in [2.05, 4.69) is 4.98 Å². The zero-order valence-electron chi connectivity index (χ0n) is 14.7. The molecule has 4 rings (SSSR count). The maximum atomic E-state index is 12.7. The standard InChI is InChI=1S/C22H17NO3S/c1-15-12-13-18(27-15)20-19(22(24)25-14-16-8-4-2-5-9-16)23-21(26-20)17-10-6-3-7-11-17/h2-13H,14H2,1H3. The van der Waals surface area contributed by atoms with Gasteiger partial charge in [0.25, 0.3) is 0 Å². The lowest BCUT2D eigenvalue weighted by Crippen LogP contribution is -2.07. The second-order valence-electron chi connectivity index (χ2n) is 6.03. The van der Waals surface area contributed by atoms with Gasteiger partial charge in [0.15, 0.2) is 11.5 Å². The molecule has 27 heavy (non-hydrogen) atoms. The maximum Gasteiger partial charge on any atom is 0.361 e. The molecule has 0 saturated heterocycles. The Balaban J connectivity index is 1.67. The Morgan fingerprint density at radius 1 is 1.00 bits per heavy atom. The molecule has 0 atom stereocenters. The number of thiophene rings is 1. The van der Waals surface area contributed by atoms with Crippen LogP contribution >= 0.6 is 11.3 Å². The van der Waals surface area contributed by atoms with Gasteiger partial charge in [-0.3, -0.25) is 0 Å². The minimum Gasteiger partial charge on any atom is -0.456 e. The molecule has 4 aromatic rings. The molecule has 0 radical (unpaired) electrons. The van der Waals surface area contributed by atoms with Crippen molar-refractivity contribution in [2.75, 3.05) is 0 Å². The first-order chi connectivity index (χ1) is 13.2. The number of nitrogens with zero attached hydrogens (tertiary/aromatic N) is 1. The molecular formula is C22H17NO3S. The summed E-state index contributed by atoms with van der Waals surface area (Å²) >= 11 is 1.55. The van der Waals surface area contributed by atoms with Crippen molar-refractivity contribution >= 4 is 17.3 Å². The normalized spacial score (nSPS) is 10.7. The highest BCUT2D eigenvalue weighted by Crippen LogP contribution is 2.34.